The van der Waals surface area contributed by atoms with Crippen molar-refractivity contribution in [3.8, 4) is 17.2 Å². The smallest absolute Gasteiger partial charge is 0.192 e. The molecule has 0 spiro atoms. The van der Waals surface area contributed by atoms with Crippen molar-refractivity contribution in [3.63, 3.8) is 0 Å². The molecule has 1 unspecified atom stereocenters. The van der Waals surface area contributed by atoms with Crippen LogP contribution in [0.4, 0.5) is 0 Å². The highest BCUT2D eigenvalue weighted by Gasteiger charge is 2.27. The van der Waals surface area contributed by atoms with Crippen molar-refractivity contribution in [1.29, 1.82) is 0 Å². The van der Waals surface area contributed by atoms with Crippen molar-refractivity contribution >= 4 is 11.8 Å². The summed E-state index contributed by atoms with van der Waals surface area (Å²) in [5, 5.41) is 18.3. The molecule has 0 aliphatic carbocycles. The van der Waals surface area contributed by atoms with Crippen molar-refractivity contribution in [2.45, 2.75) is 17.0 Å². The zero-order chi connectivity index (χ0) is 19.6. The number of aromatic nitrogens is 6. The minimum atomic E-state index is -0.296. The first-order valence-corrected chi connectivity index (χ1v) is 10.1. The topological polar surface area (TPSA) is 79.9 Å². The SMILES string of the molecule is Cn1c(SCc2cnn(-c3ccccc3)n2)nnc1C1COc2ccccc2O1. The summed E-state index contributed by atoms with van der Waals surface area (Å²) in [6, 6.07) is 17.5. The van der Waals surface area contributed by atoms with Crippen LogP contribution in [0.2, 0.25) is 0 Å². The van der Waals surface area contributed by atoms with E-state index in [0.717, 1.165) is 33.9 Å². The maximum absolute atomic E-state index is 6.04. The predicted octanol–water partition coefficient (Wildman–Crippen LogP) is 3.20. The zero-order valence-corrected chi connectivity index (χ0v) is 16.5. The Labute approximate surface area is 171 Å². The molecular formula is C20H18N6O2S. The number of fused-ring (bicyclic) bond motifs is 1. The van der Waals surface area contributed by atoms with Crippen LogP contribution in [0, 0.1) is 0 Å². The molecule has 9 heteroatoms. The Bertz CT molecular complexity index is 1130. The lowest BCUT2D eigenvalue weighted by Crippen LogP contribution is -2.24. The maximum atomic E-state index is 6.04. The van der Waals surface area contributed by atoms with Gasteiger partial charge in [0.05, 0.1) is 17.6 Å². The summed E-state index contributed by atoms with van der Waals surface area (Å²) >= 11 is 1.56. The van der Waals surface area contributed by atoms with E-state index in [0.29, 0.717) is 12.4 Å². The molecule has 4 aromatic rings. The quantitative estimate of drug-likeness (QED) is 0.471. The number of nitrogens with zero attached hydrogens (tertiary/aromatic N) is 6. The summed E-state index contributed by atoms with van der Waals surface area (Å²) < 4.78 is 13.8. The molecule has 2 aromatic heterocycles. The van der Waals surface area contributed by atoms with E-state index in [1.807, 2.05) is 66.2 Å². The van der Waals surface area contributed by atoms with Crippen LogP contribution in [-0.4, -0.2) is 36.4 Å². The second-order valence-electron chi connectivity index (χ2n) is 6.51. The molecule has 1 aliphatic heterocycles. The second-order valence-corrected chi connectivity index (χ2v) is 7.46. The number of thioether (sulfide) groups is 1. The van der Waals surface area contributed by atoms with Crippen molar-refractivity contribution in [1.82, 2.24) is 29.8 Å². The highest BCUT2D eigenvalue weighted by Crippen LogP contribution is 2.35. The predicted molar refractivity (Wildman–Crippen MR) is 107 cm³/mol. The van der Waals surface area contributed by atoms with Gasteiger partial charge in [0.25, 0.3) is 0 Å². The van der Waals surface area contributed by atoms with Gasteiger partial charge in [-0.3, -0.25) is 0 Å². The van der Waals surface area contributed by atoms with Crippen molar-refractivity contribution < 1.29 is 9.47 Å². The molecule has 0 N–H and O–H groups in total. The molecule has 8 nitrogen and oxygen atoms in total. The van der Waals surface area contributed by atoms with Crippen LogP contribution in [-0.2, 0) is 12.8 Å². The standard InChI is InChI=1S/C20H18N6O2S/c1-25-19(18-12-27-16-9-5-6-10-17(16)28-18)22-23-20(25)29-13-14-11-21-26(24-14)15-7-3-2-4-8-15/h2-11,18H,12-13H2,1H3. The molecule has 2 aromatic carbocycles. The first-order chi connectivity index (χ1) is 14.3. The van der Waals surface area contributed by atoms with Crippen LogP contribution in [0.1, 0.15) is 17.6 Å². The number of benzene rings is 2. The highest BCUT2D eigenvalue weighted by molar-refractivity contribution is 7.98. The number of hydrogen-bond acceptors (Lipinski definition) is 7. The van der Waals surface area contributed by atoms with Crippen LogP contribution in [0.15, 0.2) is 66.0 Å². The maximum Gasteiger partial charge on any atom is 0.192 e. The normalized spacial score (nSPS) is 15.4. The van der Waals surface area contributed by atoms with E-state index < -0.39 is 0 Å². The summed E-state index contributed by atoms with van der Waals surface area (Å²) in [5.41, 5.74) is 1.80. The summed E-state index contributed by atoms with van der Waals surface area (Å²) in [4.78, 5) is 1.63. The average Bonchev–Trinajstić information content (AvgIpc) is 3.39. The number of para-hydroxylation sites is 3. The third kappa shape index (κ3) is 3.56. The van der Waals surface area contributed by atoms with E-state index in [4.69, 9.17) is 9.47 Å². The Morgan fingerprint density at radius 1 is 1.03 bits per heavy atom. The van der Waals surface area contributed by atoms with Gasteiger partial charge in [0.1, 0.15) is 6.61 Å². The fourth-order valence-electron chi connectivity index (χ4n) is 3.06. The summed E-state index contributed by atoms with van der Waals surface area (Å²) in [5.74, 6) is 2.85. The second kappa shape index (κ2) is 7.59. The number of hydrogen-bond donors (Lipinski definition) is 0. The Hall–Kier alpha value is -3.33. The van der Waals surface area contributed by atoms with Crippen molar-refractivity contribution in [3.05, 3.63) is 72.3 Å². The Morgan fingerprint density at radius 3 is 2.69 bits per heavy atom. The van der Waals surface area contributed by atoms with Gasteiger partial charge in [-0.2, -0.15) is 15.0 Å². The molecule has 0 saturated heterocycles. The van der Waals surface area contributed by atoms with Gasteiger partial charge >= 0.3 is 0 Å². The van der Waals surface area contributed by atoms with E-state index in [1.54, 1.807) is 22.8 Å². The Morgan fingerprint density at radius 2 is 1.83 bits per heavy atom. The molecule has 1 atom stereocenters. The van der Waals surface area contributed by atoms with Crippen molar-refractivity contribution in [2.24, 2.45) is 7.05 Å². The fourth-order valence-corrected chi connectivity index (χ4v) is 3.86. The monoisotopic (exact) mass is 406 g/mol. The first-order valence-electron chi connectivity index (χ1n) is 9.15. The molecule has 0 radical (unpaired) electrons. The summed E-state index contributed by atoms with van der Waals surface area (Å²) in [6.07, 6.45) is 1.47. The van der Waals surface area contributed by atoms with Crippen LogP contribution in [0.5, 0.6) is 11.5 Å². The van der Waals surface area contributed by atoms with Gasteiger partial charge in [0.2, 0.25) is 0 Å². The van der Waals surface area contributed by atoms with Crippen LogP contribution in [0.25, 0.3) is 5.69 Å². The summed E-state index contributed by atoms with van der Waals surface area (Å²) in [6.45, 7) is 0.402. The molecule has 146 valence electrons. The third-order valence-electron chi connectivity index (χ3n) is 4.54. The van der Waals surface area contributed by atoms with Crippen molar-refractivity contribution in [2.75, 3.05) is 6.61 Å². The van der Waals surface area contributed by atoms with Gasteiger partial charge in [-0.05, 0) is 24.3 Å². The molecule has 29 heavy (non-hydrogen) atoms. The number of rotatable bonds is 5. The van der Waals surface area contributed by atoms with E-state index in [1.165, 1.54) is 0 Å². The van der Waals surface area contributed by atoms with Crippen LogP contribution < -0.4 is 9.47 Å². The van der Waals surface area contributed by atoms with Crippen LogP contribution >= 0.6 is 11.8 Å². The lowest BCUT2D eigenvalue weighted by atomic mass is 10.2. The first kappa shape index (κ1) is 17.7. The largest absolute Gasteiger partial charge is 0.485 e. The van der Waals surface area contributed by atoms with Gasteiger partial charge < -0.3 is 14.0 Å². The molecule has 3 heterocycles. The number of ether oxygens (including phenoxy) is 2. The minimum Gasteiger partial charge on any atom is -0.485 e. The molecule has 0 fully saturated rings. The average molecular weight is 406 g/mol. The van der Waals surface area contributed by atoms with E-state index in [9.17, 15) is 0 Å². The van der Waals surface area contributed by atoms with Gasteiger partial charge in [0.15, 0.2) is 28.6 Å². The van der Waals surface area contributed by atoms with Gasteiger partial charge in [-0.15, -0.1) is 10.2 Å². The lowest BCUT2D eigenvalue weighted by Gasteiger charge is -2.25. The molecule has 0 amide bonds. The van der Waals surface area contributed by atoms with Gasteiger partial charge in [0, 0.05) is 12.8 Å². The van der Waals surface area contributed by atoms with Crippen LogP contribution in [0.3, 0.4) is 0 Å². The lowest BCUT2D eigenvalue weighted by molar-refractivity contribution is 0.0825. The third-order valence-corrected chi connectivity index (χ3v) is 5.59. The molecular weight excluding hydrogens is 388 g/mol. The zero-order valence-electron chi connectivity index (χ0n) is 15.7. The fraction of sp³-hybridized carbons (Fsp3) is 0.200. The minimum absolute atomic E-state index is 0.296. The van der Waals surface area contributed by atoms with E-state index in [-0.39, 0.29) is 6.10 Å². The van der Waals surface area contributed by atoms with E-state index >= 15 is 0 Å². The summed E-state index contributed by atoms with van der Waals surface area (Å²) in [7, 11) is 1.93. The molecule has 0 saturated carbocycles. The molecule has 5 rings (SSSR count). The Balaban J connectivity index is 1.27. The van der Waals surface area contributed by atoms with Gasteiger partial charge in [-0.25, -0.2) is 0 Å². The molecule has 1 aliphatic rings. The highest BCUT2D eigenvalue weighted by atomic mass is 32.2. The molecule has 0 bridgehead atoms. The Kier molecular flexibility index (Phi) is 4.65. The van der Waals surface area contributed by atoms with Gasteiger partial charge in [-0.1, -0.05) is 42.1 Å². The van der Waals surface area contributed by atoms with E-state index in [2.05, 4.69) is 20.4 Å².